The summed E-state index contributed by atoms with van der Waals surface area (Å²) < 4.78 is 0. The zero-order chi connectivity index (χ0) is 7.84. The molecule has 0 aromatic carbocycles. The first-order valence-electron chi connectivity index (χ1n) is 3.34. The summed E-state index contributed by atoms with van der Waals surface area (Å²) in [6.45, 7) is 1.85. The molecule has 0 aromatic rings. The van der Waals surface area contributed by atoms with Crippen LogP contribution in [0, 0.1) is 0 Å². The molecule has 0 radical (unpaired) electrons. The Kier molecular flexibility index (Phi) is 1.12. The van der Waals surface area contributed by atoms with E-state index in [0.717, 1.165) is 11.5 Å². The SMILES string of the molecule is CC1=NC2NC(=O)NC=C2N1. The van der Waals surface area contributed by atoms with Crippen LogP contribution in [-0.2, 0) is 0 Å². The lowest BCUT2D eigenvalue weighted by Crippen LogP contribution is -2.45. The second-order valence-electron chi connectivity index (χ2n) is 2.46. The molecule has 2 heterocycles. The van der Waals surface area contributed by atoms with Gasteiger partial charge < -0.3 is 16.0 Å². The monoisotopic (exact) mass is 152 g/mol. The maximum atomic E-state index is 10.7. The number of hydrogen-bond acceptors (Lipinski definition) is 3. The number of fused-ring (bicyclic) bond motifs is 1. The van der Waals surface area contributed by atoms with Crippen molar-refractivity contribution in [2.45, 2.75) is 13.1 Å². The van der Waals surface area contributed by atoms with E-state index in [0.29, 0.717) is 0 Å². The third-order valence-corrected chi connectivity index (χ3v) is 1.57. The van der Waals surface area contributed by atoms with E-state index in [1.54, 1.807) is 6.20 Å². The summed E-state index contributed by atoms with van der Waals surface area (Å²) in [6, 6.07) is -0.209. The van der Waals surface area contributed by atoms with Crippen molar-refractivity contribution in [1.29, 1.82) is 0 Å². The van der Waals surface area contributed by atoms with Crippen LogP contribution in [0.25, 0.3) is 0 Å². The number of nitrogens with one attached hydrogen (secondary N) is 3. The molecule has 3 N–H and O–H groups in total. The molecule has 0 saturated carbocycles. The molecular formula is C6H8N4O. The summed E-state index contributed by atoms with van der Waals surface area (Å²) in [5, 5.41) is 8.18. The molecule has 2 amide bonds. The zero-order valence-corrected chi connectivity index (χ0v) is 6.01. The molecule has 2 rings (SSSR count). The second-order valence-corrected chi connectivity index (χ2v) is 2.46. The van der Waals surface area contributed by atoms with Gasteiger partial charge in [-0.1, -0.05) is 0 Å². The third kappa shape index (κ3) is 0.938. The van der Waals surface area contributed by atoms with Gasteiger partial charge in [-0.05, 0) is 6.92 Å². The fourth-order valence-electron chi connectivity index (χ4n) is 1.11. The van der Waals surface area contributed by atoms with Gasteiger partial charge in [-0.25, -0.2) is 9.79 Å². The topological polar surface area (TPSA) is 65.5 Å². The van der Waals surface area contributed by atoms with E-state index < -0.39 is 0 Å². The van der Waals surface area contributed by atoms with Gasteiger partial charge in [-0.3, -0.25) is 0 Å². The van der Waals surface area contributed by atoms with Crippen LogP contribution in [0.4, 0.5) is 4.79 Å². The van der Waals surface area contributed by atoms with Gasteiger partial charge >= 0.3 is 6.03 Å². The van der Waals surface area contributed by atoms with Gasteiger partial charge in [0.25, 0.3) is 0 Å². The summed E-state index contributed by atoms with van der Waals surface area (Å²) in [5.41, 5.74) is 0.891. The standard InChI is InChI=1S/C6H8N4O/c1-3-8-4-2-7-6(11)10-5(4)9-3/h2,5H,1H3,(H,8,9)(H2,7,10,11). The Morgan fingerprint density at radius 3 is 3.27 bits per heavy atom. The van der Waals surface area contributed by atoms with Crippen molar-refractivity contribution in [2.75, 3.05) is 0 Å². The molecule has 11 heavy (non-hydrogen) atoms. The number of carbonyl (C=O) groups is 1. The van der Waals surface area contributed by atoms with Crippen LogP contribution >= 0.6 is 0 Å². The maximum Gasteiger partial charge on any atom is 0.320 e. The molecule has 0 fully saturated rings. The van der Waals surface area contributed by atoms with Crippen molar-refractivity contribution >= 4 is 11.9 Å². The summed E-state index contributed by atoms with van der Waals surface area (Å²) >= 11 is 0. The number of aliphatic imine (C=N–C) groups is 1. The van der Waals surface area contributed by atoms with Crippen LogP contribution in [0.15, 0.2) is 16.9 Å². The minimum atomic E-state index is -0.209. The highest BCUT2D eigenvalue weighted by molar-refractivity contribution is 5.87. The maximum absolute atomic E-state index is 10.7. The van der Waals surface area contributed by atoms with E-state index in [2.05, 4.69) is 20.9 Å². The first kappa shape index (κ1) is 6.21. The molecule has 1 unspecified atom stereocenters. The molecule has 2 aliphatic rings. The Morgan fingerprint density at radius 1 is 1.64 bits per heavy atom. The molecular weight excluding hydrogens is 144 g/mol. The molecule has 0 spiro atoms. The van der Waals surface area contributed by atoms with Crippen molar-refractivity contribution in [3.63, 3.8) is 0 Å². The fraction of sp³-hybridized carbons (Fsp3) is 0.333. The van der Waals surface area contributed by atoms with E-state index in [9.17, 15) is 4.79 Å². The molecule has 5 nitrogen and oxygen atoms in total. The first-order valence-corrected chi connectivity index (χ1v) is 3.34. The number of urea groups is 1. The van der Waals surface area contributed by atoms with Gasteiger partial charge in [-0.15, -0.1) is 0 Å². The van der Waals surface area contributed by atoms with Crippen molar-refractivity contribution < 1.29 is 4.79 Å². The predicted molar refractivity (Wildman–Crippen MR) is 39.8 cm³/mol. The third-order valence-electron chi connectivity index (χ3n) is 1.57. The summed E-state index contributed by atoms with van der Waals surface area (Å²) in [6.07, 6.45) is 1.42. The average Bonchev–Trinajstić information content (AvgIpc) is 2.27. The summed E-state index contributed by atoms with van der Waals surface area (Å²) in [4.78, 5) is 14.9. The van der Waals surface area contributed by atoms with E-state index >= 15 is 0 Å². The molecule has 0 aliphatic carbocycles. The average molecular weight is 152 g/mol. The van der Waals surface area contributed by atoms with E-state index in [4.69, 9.17) is 0 Å². The minimum absolute atomic E-state index is 0.205. The van der Waals surface area contributed by atoms with Crippen LogP contribution in [-0.4, -0.2) is 18.0 Å². The van der Waals surface area contributed by atoms with Crippen LogP contribution in [0.1, 0.15) is 6.92 Å². The van der Waals surface area contributed by atoms with Crippen molar-refractivity contribution in [2.24, 2.45) is 4.99 Å². The molecule has 2 aliphatic heterocycles. The Balaban J connectivity index is 2.26. The lowest BCUT2D eigenvalue weighted by molar-refractivity contribution is 0.240. The highest BCUT2D eigenvalue weighted by atomic mass is 16.2. The Hall–Kier alpha value is -1.52. The number of amides is 2. The minimum Gasteiger partial charge on any atom is -0.343 e. The number of hydrogen-bond donors (Lipinski definition) is 3. The Morgan fingerprint density at radius 2 is 2.45 bits per heavy atom. The quantitative estimate of drug-likeness (QED) is 0.437. The zero-order valence-electron chi connectivity index (χ0n) is 6.01. The van der Waals surface area contributed by atoms with Gasteiger partial charge in [0.1, 0.15) is 5.84 Å². The normalized spacial score (nSPS) is 27.4. The van der Waals surface area contributed by atoms with E-state index in [-0.39, 0.29) is 12.2 Å². The van der Waals surface area contributed by atoms with Crippen LogP contribution in [0.5, 0.6) is 0 Å². The largest absolute Gasteiger partial charge is 0.343 e. The number of rotatable bonds is 0. The molecule has 0 bridgehead atoms. The van der Waals surface area contributed by atoms with Crippen LogP contribution in [0.3, 0.4) is 0 Å². The number of nitrogens with zero attached hydrogens (tertiary/aromatic N) is 1. The Bertz CT molecular complexity index is 268. The van der Waals surface area contributed by atoms with Crippen LogP contribution < -0.4 is 16.0 Å². The number of carbonyl (C=O) groups excluding carboxylic acids is 1. The van der Waals surface area contributed by atoms with E-state index in [1.807, 2.05) is 6.92 Å². The van der Waals surface area contributed by atoms with Crippen LogP contribution in [0.2, 0.25) is 0 Å². The summed E-state index contributed by atoms with van der Waals surface area (Å²) in [5.74, 6) is 0.824. The van der Waals surface area contributed by atoms with Gasteiger partial charge in [0.15, 0.2) is 6.17 Å². The van der Waals surface area contributed by atoms with Gasteiger partial charge in [0.2, 0.25) is 0 Å². The second kappa shape index (κ2) is 1.98. The van der Waals surface area contributed by atoms with Crippen molar-refractivity contribution in [3.8, 4) is 0 Å². The highest BCUT2D eigenvalue weighted by Crippen LogP contribution is 2.09. The lowest BCUT2D eigenvalue weighted by Gasteiger charge is -2.16. The van der Waals surface area contributed by atoms with Crippen molar-refractivity contribution in [1.82, 2.24) is 16.0 Å². The summed E-state index contributed by atoms with van der Waals surface area (Å²) in [7, 11) is 0. The molecule has 1 atom stereocenters. The molecule has 0 saturated heterocycles. The Labute approximate surface area is 63.6 Å². The van der Waals surface area contributed by atoms with Gasteiger partial charge in [0, 0.05) is 6.20 Å². The van der Waals surface area contributed by atoms with Gasteiger partial charge in [-0.2, -0.15) is 0 Å². The molecule has 58 valence electrons. The molecule has 5 heteroatoms. The fourth-order valence-corrected chi connectivity index (χ4v) is 1.11. The van der Waals surface area contributed by atoms with Gasteiger partial charge in [0.05, 0.1) is 5.70 Å². The first-order chi connectivity index (χ1) is 5.25. The highest BCUT2D eigenvalue weighted by Gasteiger charge is 2.25. The smallest absolute Gasteiger partial charge is 0.320 e. The lowest BCUT2D eigenvalue weighted by atomic mass is 10.3. The molecule has 0 aromatic heterocycles. The predicted octanol–water partition coefficient (Wildman–Crippen LogP) is -0.512. The van der Waals surface area contributed by atoms with E-state index in [1.165, 1.54) is 0 Å². The number of amidine groups is 1. The van der Waals surface area contributed by atoms with Crippen molar-refractivity contribution in [3.05, 3.63) is 11.9 Å².